The van der Waals surface area contributed by atoms with E-state index in [-0.39, 0.29) is 25.7 Å². The number of ether oxygens (including phenoxy) is 2. The van der Waals surface area contributed by atoms with Crippen LogP contribution < -0.4 is 15.8 Å². The van der Waals surface area contributed by atoms with Gasteiger partial charge in [-0.2, -0.15) is 0 Å². The first kappa shape index (κ1) is 16.9. The standard InChI is InChI=1S/C15H17N3O4S/c1-10-8-17-15(23-10)18-14(20)11-4-2-3-5-12(11)22-9-13(19)21-7-6-16/h2-5,8H,6-7,9,16H2,1H3,(H,17,18,20). The molecule has 2 aromatic rings. The van der Waals surface area contributed by atoms with Crippen LogP contribution >= 0.6 is 11.3 Å². The van der Waals surface area contributed by atoms with E-state index in [4.69, 9.17) is 15.2 Å². The number of para-hydroxylation sites is 1. The van der Waals surface area contributed by atoms with Crippen LogP contribution in [0.1, 0.15) is 15.2 Å². The molecule has 0 saturated carbocycles. The molecule has 0 aliphatic rings. The van der Waals surface area contributed by atoms with E-state index >= 15 is 0 Å². The van der Waals surface area contributed by atoms with Gasteiger partial charge in [-0.05, 0) is 19.1 Å². The summed E-state index contributed by atoms with van der Waals surface area (Å²) in [5.74, 6) is -0.602. The van der Waals surface area contributed by atoms with E-state index in [1.54, 1.807) is 30.5 Å². The number of nitrogens with two attached hydrogens (primary N) is 1. The maximum Gasteiger partial charge on any atom is 0.344 e. The van der Waals surface area contributed by atoms with Crippen molar-refractivity contribution >= 4 is 28.3 Å². The van der Waals surface area contributed by atoms with Crippen LogP contribution in [0.4, 0.5) is 5.13 Å². The van der Waals surface area contributed by atoms with Crippen molar-refractivity contribution in [3.8, 4) is 5.75 Å². The number of aromatic nitrogens is 1. The number of anilines is 1. The van der Waals surface area contributed by atoms with Crippen LogP contribution in [0.2, 0.25) is 0 Å². The number of hydrogen-bond donors (Lipinski definition) is 2. The van der Waals surface area contributed by atoms with Crippen LogP contribution in [0.15, 0.2) is 30.5 Å². The molecule has 0 radical (unpaired) electrons. The molecule has 0 fully saturated rings. The predicted octanol–water partition coefficient (Wildman–Crippen LogP) is 1.58. The van der Waals surface area contributed by atoms with Gasteiger partial charge in [0, 0.05) is 17.6 Å². The quantitative estimate of drug-likeness (QED) is 0.745. The van der Waals surface area contributed by atoms with Gasteiger partial charge in [-0.1, -0.05) is 12.1 Å². The highest BCUT2D eigenvalue weighted by molar-refractivity contribution is 7.15. The van der Waals surface area contributed by atoms with E-state index < -0.39 is 5.97 Å². The Labute approximate surface area is 137 Å². The molecule has 1 aromatic carbocycles. The van der Waals surface area contributed by atoms with Crippen LogP contribution in [0.3, 0.4) is 0 Å². The second-order valence-corrected chi connectivity index (χ2v) is 5.76. The number of hydrogen-bond acceptors (Lipinski definition) is 7. The number of esters is 1. The number of rotatable bonds is 7. The summed E-state index contributed by atoms with van der Waals surface area (Å²) in [5.41, 5.74) is 5.56. The zero-order chi connectivity index (χ0) is 16.7. The molecule has 0 aliphatic carbocycles. The molecule has 8 heteroatoms. The zero-order valence-electron chi connectivity index (χ0n) is 12.6. The van der Waals surface area contributed by atoms with Crippen LogP contribution in [-0.2, 0) is 9.53 Å². The summed E-state index contributed by atoms with van der Waals surface area (Å²) >= 11 is 1.37. The molecule has 0 spiro atoms. The lowest BCUT2D eigenvalue weighted by molar-refractivity contribution is -0.145. The molecule has 0 atom stereocenters. The first-order chi connectivity index (χ1) is 11.1. The Hall–Kier alpha value is -2.45. The Kier molecular flexibility index (Phi) is 6.07. The molecule has 0 unspecified atom stereocenters. The van der Waals surface area contributed by atoms with Gasteiger partial charge in [0.15, 0.2) is 11.7 Å². The number of amides is 1. The van der Waals surface area contributed by atoms with Gasteiger partial charge in [0.05, 0.1) is 5.56 Å². The average Bonchev–Trinajstić information content (AvgIpc) is 2.96. The van der Waals surface area contributed by atoms with Crippen LogP contribution in [0, 0.1) is 6.92 Å². The molecule has 0 aliphatic heterocycles. The summed E-state index contributed by atoms with van der Waals surface area (Å²) in [7, 11) is 0. The summed E-state index contributed by atoms with van der Waals surface area (Å²) in [6.07, 6.45) is 1.68. The molecule has 7 nitrogen and oxygen atoms in total. The third kappa shape index (κ3) is 5.04. The smallest absolute Gasteiger partial charge is 0.344 e. The fourth-order valence-corrected chi connectivity index (χ4v) is 2.37. The van der Waals surface area contributed by atoms with Crippen molar-refractivity contribution in [3.63, 3.8) is 0 Å². The Morgan fingerprint density at radius 2 is 2.13 bits per heavy atom. The van der Waals surface area contributed by atoms with Gasteiger partial charge in [0.25, 0.3) is 5.91 Å². The minimum atomic E-state index is -0.541. The summed E-state index contributed by atoms with van der Waals surface area (Å²) in [5, 5.41) is 3.20. The number of aryl methyl sites for hydroxylation is 1. The number of nitrogens with one attached hydrogen (secondary N) is 1. The highest BCUT2D eigenvalue weighted by atomic mass is 32.1. The summed E-state index contributed by atoms with van der Waals surface area (Å²) < 4.78 is 10.2. The molecule has 3 N–H and O–H groups in total. The molecular weight excluding hydrogens is 318 g/mol. The third-order valence-electron chi connectivity index (χ3n) is 2.70. The van der Waals surface area contributed by atoms with Crippen molar-refractivity contribution in [3.05, 3.63) is 40.9 Å². The molecular formula is C15H17N3O4S. The van der Waals surface area contributed by atoms with Gasteiger partial charge in [-0.15, -0.1) is 11.3 Å². The third-order valence-corrected chi connectivity index (χ3v) is 3.53. The number of thiazole rings is 1. The normalized spacial score (nSPS) is 10.2. The highest BCUT2D eigenvalue weighted by Gasteiger charge is 2.15. The van der Waals surface area contributed by atoms with E-state index in [2.05, 4.69) is 10.3 Å². The number of carbonyl (C=O) groups excluding carboxylic acids is 2. The Balaban J connectivity index is 2.01. The maximum atomic E-state index is 12.3. The van der Waals surface area contributed by atoms with Crippen molar-refractivity contribution in [2.75, 3.05) is 25.1 Å². The number of nitrogens with zero attached hydrogens (tertiary/aromatic N) is 1. The number of benzene rings is 1. The Bertz CT molecular complexity index is 687. The lowest BCUT2D eigenvalue weighted by Crippen LogP contribution is -2.20. The fourth-order valence-electron chi connectivity index (χ4n) is 1.71. The van der Waals surface area contributed by atoms with Gasteiger partial charge in [0.1, 0.15) is 12.4 Å². The summed E-state index contributed by atoms with van der Waals surface area (Å²) in [6, 6.07) is 6.64. The monoisotopic (exact) mass is 335 g/mol. The summed E-state index contributed by atoms with van der Waals surface area (Å²) in [4.78, 5) is 28.8. The topological polar surface area (TPSA) is 104 Å². The molecule has 0 bridgehead atoms. The average molecular weight is 335 g/mol. The van der Waals surface area contributed by atoms with E-state index in [1.165, 1.54) is 11.3 Å². The van der Waals surface area contributed by atoms with E-state index in [1.807, 2.05) is 6.92 Å². The van der Waals surface area contributed by atoms with Crippen LogP contribution in [0.25, 0.3) is 0 Å². The van der Waals surface area contributed by atoms with Gasteiger partial charge >= 0.3 is 5.97 Å². The molecule has 23 heavy (non-hydrogen) atoms. The maximum absolute atomic E-state index is 12.3. The van der Waals surface area contributed by atoms with Gasteiger partial charge in [0.2, 0.25) is 0 Å². The van der Waals surface area contributed by atoms with Gasteiger partial charge < -0.3 is 15.2 Å². The molecule has 1 amide bonds. The largest absolute Gasteiger partial charge is 0.481 e. The molecule has 122 valence electrons. The van der Waals surface area contributed by atoms with E-state index in [9.17, 15) is 9.59 Å². The molecule has 1 aromatic heterocycles. The minimum Gasteiger partial charge on any atom is -0.481 e. The van der Waals surface area contributed by atoms with E-state index in [0.29, 0.717) is 16.4 Å². The molecule has 2 rings (SSSR count). The molecule has 1 heterocycles. The summed E-state index contributed by atoms with van der Waals surface area (Å²) in [6.45, 7) is 1.99. The van der Waals surface area contributed by atoms with Crippen molar-refractivity contribution in [1.29, 1.82) is 0 Å². The van der Waals surface area contributed by atoms with Crippen molar-refractivity contribution in [2.45, 2.75) is 6.92 Å². The lowest BCUT2D eigenvalue weighted by Gasteiger charge is -2.10. The zero-order valence-corrected chi connectivity index (χ0v) is 13.4. The van der Waals surface area contributed by atoms with Crippen LogP contribution in [0.5, 0.6) is 5.75 Å². The predicted molar refractivity (Wildman–Crippen MR) is 86.8 cm³/mol. The van der Waals surface area contributed by atoms with E-state index in [0.717, 1.165) is 4.88 Å². The van der Waals surface area contributed by atoms with Crippen LogP contribution in [-0.4, -0.2) is 36.6 Å². The second kappa shape index (κ2) is 8.25. The fraction of sp³-hybridized carbons (Fsp3) is 0.267. The minimum absolute atomic E-state index is 0.133. The highest BCUT2D eigenvalue weighted by Crippen LogP contribution is 2.22. The van der Waals surface area contributed by atoms with Gasteiger partial charge in [-0.25, -0.2) is 9.78 Å². The van der Waals surface area contributed by atoms with Crippen molar-refractivity contribution in [2.24, 2.45) is 5.73 Å². The Morgan fingerprint density at radius 1 is 1.35 bits per heavy atom. The van der Waals surface area contributed by atoms with Crippen molar-refractivity contribution in [1.82, 2.24) is 4.98 Å². The SMILES string of the molecule is Cc1cnc(NC(=O)c2ccccc2OCC(=O)OCCN)s1. The van der Waals surface area contributed by atoms with Gasteiger partial charge in [-0.3, -0.25) is 10.1 Å². The lowest BCUT2D eigenvalue weighted by atomic mass is 10.2. The first-order valence-corrected chi connectivity index (χ1v) is 7.73. The molecule has 0 saturated heterocycles. The van der Waals surface area contributed by atoms with Crippen molar-refractivity contribution < 1.29 is 19.1 Å². The first-order valence-electron chi connectivity index (χ1n) is 6.91. The Morgan fingerprint density at radius 3 is 2.83 bits per heavy atom. The second-order valence-electron chi connectivity index (χ2n) is 4.52. The number of carbonyl (C=O) groups is 2.